The Morgan fingerprint density at radius 3 is 2.39 bits per heavy atom. The summed E-state index contributed by atoms with van der Waals surface area (Å²) in [5.41, 5.74) is 8.86. The summed E-state index contributed by atoms with van der Waals surface area (Å²) in [7, 11) is 3.26. The third kappa shape index (κ3) is 6.96. The lowest BCUT2D eigenvalue weighted by Gasteiger charge is -2.32. The largest absolute Gasteiger partial charge is 0.493 e. The van der Waals surface area contributed by atoms with Crippen LogP contribution in [0.4, 0.5) is 4.39 Å². The number of nitrogens with zero attached hydrogens (tertiary/aromatic N) is 2. The van der Waals surface area contributed by atoms with E-state index in [9.17, 15) is 9.18 Å². The van der Waals surface area contributed by atoms with E-state index in [0.717, 1.165) is 35.8 Å². The second-order valence-corrected chi connectivity index (χ2v) is 7.77. The van der Waals surface area contributed by atoms with Crippen molar-refractivity contribution in [2.45, 2.75) is 26.3 Å². The van der Waals surface area contributed by atoms with Crippen LogP contribution in [0.15, 0.2) is 41.4 Å². The van der Waals surface area contributed by atoms with Crippen LogP contribution >= 0.6 is 24.0 Å². The SMILES string of the molecule is CCNC(=NCC(Cc1ccc(F)cc1)C(N)=O)N1CCc2cc(OC)c(OC)cc2C1.I. The Hall–Kier alpha value is -2.56. The second-order valence-electron chi connectivity index (χ2n) is 7.77. The molecular formula is C24H32FIN4O3. The number of benzene rings is 2. The average molecular weight is 570 g/mol. The number of amides is 1. The number of fused-ring (bicyclic) bond motifs is 1. The number of ether oxygens (including phenoxy) is 2. The Morgan fingerprint density at radius 2 is 1.82 bits per heavy atom. The van der Waals surface area contributed by atoms with E-state index in [1.807, 2.05) is 19.1 Å². The van der Waals surface area contributed by atoms with E-state index in [4.69, 9.17) is 20.2 Å². The molecule has 0 aromatic heterocycles. The zero-order chi connectivity index (χ0) is 23.1. The molecule has 1 amide bonds. The van der Waals surface area contributed by atoms with E-state index >= 15 is 0 Å². The van der Waals surface area contributed by atoms with Gasteiger partial charge in [0.05, 0.1) is 26.7 Å². The number of carbonyl (C=O) groups is 1. The molecule has 0 spiro atoms. The normalized spacial score (nSPS) is 14.1. The molecule has 9 heteroatoms. The molecule has 0 aliphatic carbocycles. The van der Waals surface area contributed by atoms with Gasteiger partial charge in [-0.1, -0.05) is 12.1 Å². The first-order chi connectivity index (χ1) is 15.4. The van der Waals surface area contributed by atoms with E-state index in [1.165, 1.54) is 17.7 Å². The molecule has 1 aliphatic heterocycles. The summed E-state index contributed by atoms with van der Waals surface area (Å²) in [6, 6.07) is 10.1. The lowest BCUT2D eigenvalue weighted by molar-refractivity contribution is -0.121. The van der Waals surface area contributed by atoms with Gasteiger partial charge in [-0.25, -0.2) is 4.39 Å². The first-order valence-electron chi connectivity index (χ1n) is 10.8. The molecule has 33 heavy (non-hydrogen) atoms. The number of guanidine groups is 1. The van der Waals surface area contributed by atoms with Crippen molar-refractivity contribution in [3.63, 3.8) is 0 Å². The maximum atomic E-state index is 13.2. The maximum absolute atomic E-state index is 13.2. The standard InChI is InChI=1S/C24H31FN4O3.HI/c1-4-27-24(28-14-18(23(26)30)11-16-5-7-20(25)8-6-16)29-10-9-17-12-21(31-2)22(32-3)13-19(17)15-29;/h5-8,12-13,18H,4,9-11,14-15H2,1-3H3,(H2,26,30)(H,27,28);1H. The second kappa shape index (κ2) is 12.6. The zero-order valence-electron chi connectivity index (χ0n) is 19.3. The Bertz CT molecular complexity index is 969. The monoisotopic (exact) mass is 570 g/mol. The van der Waals surface area contributed by atoms with Gasteiger partial charge >= 0.3 is 0 Å². The summed E-state index contributed by atoms with van der Waals surface area (Å²) in [5.74, 6) is 0.952. The minimum Gasteiger partial charge on any atom is -0.493 e. The van der Waals surface area contributed by atoms with Gasteiger partial charge in [-0.2, -0.15) is 0 Å². The molecule has 0 radical (unpaired) electrons. The van der Waals surface area contributed by atoms with Gasteiger partial charge in [0.15, 0.2) is 17.5 Å². The summed E-state index contributed by atoms with van der Waals surface area (Å²) in [4.78, 5) is 18.9. The fourth-order valence-corrected chi connectivity index (χ4v) is 3.85. The molecule has 1 atom stereocenters. The molecule has 0 fully saturated rings. The van der Waals surface area contributed by atoms with Gasteiger partial charge in [-0.05, 0) is 60.7 Å². The highest BCUT2D eigenvalue weighted by atomic mass is 127. The van der Waals surface area contributed by atoms with Crippen LogP contribution in [0.25, 0.3) is 0 Å². The van der Waals surface area contributed by atoms with Crippen molar-refractivity contribution in [2.24, 2.45) is 16.6 Å². The predicted octanol–water partition coefficient (Wildman–Crippen LogP) is 3.13. The molecule has 3 N–H and O–H groups in total. The third-order valence-corrected chi connectivity index (χ3v) is 5.61. The number of halogens is 2. The summed E-state index contributed by atoms with van der Waals surface area (Å²) in [6.07, 6.45) is 1.26. The number of primary amides is 1. The molecule has 1 unspecified atom stereocenters. The molecule has 7 nitrogen and oxygen atoms in total. The Balaban J connectivity index is 0.00000385. The molecular weight excluding hydrogens is 538 g/mol. The number of nitrogens with two attached hydrogens (primary N) is 1. The Labute approximate surface area is 211 Å². The van der Waals surface area contributed by atoms with Crippen LogP contribution in [-0.4, -0.2) is 50.6 Å². The molecule has 1 heterocycles. The van der Waals surface area contributed by atoms with E-state index in [2.05, 4.69) is 10.2 Å². The topological polar surface area (TPSA) is 89.2 Å². The van der Waals surface area contributed by atoms with Gasteiger partial charge in [-0.3, -0.25) is 9.79 Å². The highest BCUT2D eigenvalue weighted by Gasteiger charge is 2.23. The number of carbonyl (C=O) groups excluding carboxylic acids is 1. The van der Waals surface area contributed by atoms with E-state index in [1.54, 1.807) is 26.4 Å². The number of hydrogen-bond donors (Lipinski definition) is 2. The van der Waals surface area contributed by atoms with Crippen molar-refractivity contribution in [1.29, 1.82) is 0 Å². The van der Waals surface area contributed by atoms with Gasteiger partial charge in [0, 0.05) is 19.6 Å². The van der Waals surface area contributed by atoms with Crippen LogP contribution in [0.3, 0.4) is 0 Å². The summed E-state index contributed by atoms with van der Waals surface area (Å²) in [6.45, 7) is 4.41. The predicted molar refractivity (Wildman–Crippen MR) is 138 cm³/mol. The van der Waals surface area contributed by atoms with Crippen LogP contribution < -0.4 is 20.5 Å². The fraction of sp³-hybridized carbons (Fsp3) is 0.417. The van der Waals surface area contributed by atoms with Gasteiger partial charge < -0.3 is 25.4 Å². The molecule has 0 saturated heterocycles. The van der Waals surface area contributed by atoms with Gasteiger partial charge in [-0.15, -0.1) is 24.0 Å². The van der Waals surface area contributed by atoms with Crippen LogP contribution in [0.2, 0.25) is 0 Å². The van der Waals surface area contributed by atoms with Crippen molar-refractivity contribution in [3.8, 4) is 11.5 Å². The van der Waals surface area contributed by atoms with Crippen LogP contribution in [0, 0.1) is 11.7 Å². The summed E-state index contributed by atoms with van der Waals surface area (Å²) in [5, 5.41) is 3.32. The summed E-state index contributed by atoms with van der Waals surface area (Å²) >= 11 is 0. The van der Waals surface area contributed by atoms with E-state index in [0.29, 0.717) is 25.3 Å². The van der Waals surface area contributed by atoms with Crippen molar-refractivity contribution < 1.29 is 18.7 Å². The average Bonchev–Trinajstić information content (AvgIpc) is 2.80. The summed E-state index contributed by atoms with van der Waals surface area (Å²) < 4.78 is 24.0. The van der Waals surface area contributed by atoms with Crippen LogP contribution in [-0.2, 0) is 24.2 Å². The van der Waals surface area contributed by atoms with Gasteiger partial charge in [0.2, 0.25) is 5.91 Å². The first-order valence-corrected chi connectivity index (χ1v) is 10.8. The first kappa shape index (κ1) is 26.7. The molecule has 2 aromatic carbocycles. The molecule has 0 bridgehead atoms. The highest BCUT2D eigenvalue weighted by Crippen LogP contribution is 2.33. The molecule has 0 saturated carbocycles. The maximum Gasteiger partial charge on any atom is 0.222 e. The number of rotatable bonds is 8. The van der Waals surface area contributed by atoms with Gasteiger partial charge in [0.25, 0.3) is 0 Å². The number of nitrogens with one attached hydrogen (secondary N) is 1. The third-order valence-electron chi connectivity index (χ3n) is 5.61. The lowest BCUT2D eigenvalue weighted by Crippen LogP contribution is -2.44. The smallest absolute Gasteiger partial charge is 0.222 e. The molecule has 2 aromatic rings. The van der Waals surface area contributed by atoms with Crippen molar-refractivity contribution in [2.75, 3.05) is 33.9 Å². The Morgan fingerprint density at radius 1 is 1.18 bits per heavy atom. The number of hydrogen-bond acceptors (Lipinski definition) is 4. The van der Waals surface area contributed by atoms with Crippen molar-refractivity contribution >= 4 is 35.8 Å². The van der Waals surface area contributed by atoms with Gasteiger partial charge in [0.1, 0.15) is 5.82 Å². The lowest BCUT2D eigenvalue weighted by atomic mass is 9.98. The van der Waals surface area contributed by atoms with Crippen molar-refractivity contribution in [1.82, 2.24) is 10.2 Å². The van der Waals surface area contributed by atoms with E-state index < -0.39 is 11.8 Å². The minimum absolute atomic E-state index is 0. The zero-order valence-corrected chi connectivity index (χ0v) is 21.6. The van der Waals surface area contributed by atoms with Crippen LogP contribution in [0.5, 0.6) is 11.5 Å². The molecule has 180 valence electrons. The highest BCUT2D eigenvalue weighted by molar-refractivity contribution is 14.0. The fourth-order valence-electron chi connectivity index (χ4n) is 3.85. The molecule has 1 aliphatic rings. The van der Waals surface area contributed by atoms with Crippen LogP contribution in [0.1, 0.15) is 23.6 Å². The van der Waals surface area contributed by atoms with Crippen molar-refractivity contribution in [3.05, 3.63) is 58.9 Å². The van der Waals surface area contributed by atoms with E-state index in [-0.39, 0.29) is 36.3 Å². The number of aliphatic imine (C=N–C) groups is 1. The Kier molecular flexibility index (Phi) is 10.2. The minimum atomic E-state index is -0.476. The number of methoxy groups -OCH3 is 2. The molecule has 3 rings (SSSR count). The quantitative estimate of drug-likeness (QED) is 0.290.